The van der Waals surface area contributed by atoms with Crippen LogP contribution in [0, 0.1) is 0 Å². The number of ether oxygens (including phenoxy) is 3. The molecule has 1 unspecified atom stereocenters. The van der Waals surface area contributed by atoms with Crippen LogP contribution in [-0.4, -0.2) is 61.5 Å². The van der Waals surface area contributed by atoms with E-state index in [1.54, 1.807) is 24.3 Å². The van der Waals surface area contributed by atoms with E-state index < -0.39 is 11.7 Å². The van der Waals surface area contributed by atoms with E-state index in [2.05, 4.69) is 10.2 Å². The molecule has 2 heterocycles. The lowest BCUT2D eigenvalue weighted by atomic mass is 9.82. The minimum absolute atomic E-state index is 0.0142. The van der Waals surface area contributed by atoms with Gasteiger partial charge in [0.05, 0.1) is 30.0 Å². The maximum atomic E-state index is 13.6. The Kier molecular flexibility index (Phi) is 6.45. The zero-order chi connectivity index (χ0) is 26.5. The van der Waals surface area contributed by atoms with Crippen LogP contribution in [0.5, 0.6) is 11.5 Å². The molecule has 5 rings (SSSR count). The minimum atomic E-state index is -0.550. The second kappa shape index (κ2) is 9.46. The number of hydrogen-bond donors (Lipinski definition) is 1. The van der Waals surface area contributed by atoms with Gasteiger partial charge < -0.3 is 19.5 Å². The Morgan fingerprint density at radius 1 is 1.05 bits per heavy atom. The number of thiophene rings is 1. The third-order valence-corrected chi connectivity index (χ3v) is 7.70. The van der Waals surface area contributed by atoms with Crippen LogP contribution in [0.15, 0.2) is 29.6 Å². The number of likely N-dealkylation sites (tertiary alicyclic amines) is 1. The minimum Gasteiger partial charge on any atom is -0.495 e. The number of carbonyl (C=O) groups is 3. The average molecular weight is 523 g/mol. The molecule has 2 aromatic carbocycles. The van der Waals surface area contributed by atoms with Crippen molar-refractivity contribution in [1.29, 1.82) is 0 Å². The predicted octanol–water partition coefficient (Wildman–Crippen LogP) is 4.79. The highest BCUT2D eigenvalue weighted by Gasteiger charge is 2.38. The Morgan fingerprint density at radius 3 is 2.27 bits per heavy atom. The van der Waals surface area contributed by atoms with Gasteiger partial charge in [-0.05, 0) is 38.1 Å². The molecule has 1 aliphatic heterocycles. The number of rotatable bonds is 5. The van der Waals surface area contributed by atoms with Gasteiger partial charge in [0.1, 0.15) is 17.1 Å². The lowest BCUT2D eigenvalue weighted by Gasteiger charge is -2.24. The molecule has 1 fully saturated rings. The molecule has 1 amide bonds. The predicted molar refractivity (Wildman–Crippen MR) is 141 cm³/mol. The summed E-state index contributed by atoms with van der Waals surface area (Å²) in [6.07, 6.45) is 0.392. The molecule has 2 aliphatic rings. The van der Waals surface area contributed by atoms with E-state index in [1.807, 2.05) is 26.2 Å². The number of hydrogen-bond acceptors (Lipinski definition) is 8. The molecule has 3 aromatic rings. The van der Waals surface area contributed by atoms with Gasteiger partial charge >= 0.3 is 6.09 Å². The maximum absolute atomic E-state index is 13.6. The van der Waals surface area contributed by atoms with Crippen LogP contribution in [0.4, 0.5) is 4.79 Å². The molecular weight excluding hydrogens is 492 g/mol. The van der Waals surface area contributed by atoms with E-state index in [4.69, 9.17) is 14.2 Å². The van der Waals surface area contributed by atoms with E-state index in [9.17, 15) is 14.4 Å². The van der Waals surface area contributed by atoms with Gasteiger partial charge in [-0.1, -0.05) is 24.3 Å². The first-order valence-corrected chi connectivity index (χ1v) is 13.1. The fourth-order valence-electron chi connectivity index (χ4n) is 5.18. The van der Waals surface area contributed by atoms with Crippen molar-refractivity contribution in [3.63, 3.8) is 0 Å². The van der Waals surface area contributed by atoms with Gasteiger partial charge in [-0.3, -0.25) is 14.5 Å². The Morgan fingerprint density at radius 2 is 1.68 bits per heavy atom. The Bertz CT molecular complexity index is 1420. The molecule has 194 valence electrons. The second-order valence-electron chi connectivity index (χ2n) is 10.4. The zero-order valence-corrected chi connectivity index (χ0v) is 22.4. The van der Waals surface area contributed by atoms with Gasteiger partial charge in [0.15, 0.2) is 11.6 Å². The number of fused-ring (bicyclic) bond motifs is 3. The normalized spacial score (nSPS) is 17.5. The first-order valence-electron chi connectivity index (χ1n) is 12.2. The highest BCUT2D eigenvalue weighted by Crippen LogP contribution is 2.49. The van der Waals surface area contributed by atoms with Crippen LogP contribution < -0.4 is 14.8 Å². The highest BCUT2D eigenvalue weighted by molar-refractivity contribution is 7.18. The second-order valence-corrected chi connectivity index (χ2v) is 11.2. The summed E-state index contributed by atoms with van der Waals surface area (Å²) in [5, 5.41) is 5.77. The summed E-state index contributed by atoms with van der Waals surface area (Å²) < 4.78 is 17.7. The number of alkyl carbamates (subject to hydrolysis) is 1. The van der Waals surface area contributed by atoms with Crippen LogP contribution in [0.3, 0.4) is 0 Å². The quantitative estimate of drug-likeness (QED) is 0.403. The van der Waals surface area contributed by atoms with Gasteiger partial charge in [-0.2, -0.15) is 0 Å². The first-order chi connectivity index (χ1) is 17.6. The fourth-order valence-corrected chi connectivity index (χ4v) is 6.27. The summed E-state index contributed by atoms with van der Waals surface area (Å²) in [5.74, 6) is 0.313. The van der Waals surface area contributed by atoms with E-state index in [0.717, 1.165) is 28.6 Å². The van der Waals surface area contributed by atoms with Crippen LogP contribution in [0.2, 0.25) is 0 Å². The molecule has 9 heteroatoms. The van der Waals surface area contributed by atoms with Crippen molar-refractivity contribution in [3.05, 3.63) is 57.5 Å². The van der Waals surface area contributed by atoms with Crippen molar-refractivity contribution < 1.29 is 28.6 Å². The first kappa shape index (κ1) is 25.2. The van der Waals surface area contributed by atoms with E-state index in [0.29, 0.717) is 35.7 Å². The zero-order valence-electron chi connectivity index (χ0n) is 21.6. The smallest absolute Gasteiger partial charge is 0.407 e. The maximum Gasteiger partial charge on any atom is 0.407 e. The van der Waals surface area contributed by atoms with E-state index in [-0.39, 0.29) is 28.7 Å². The summed E-state index contributed by atoms with van der Waals surface area (Å²) in [5.41, 5.74) is 1.68. The molecule has 1 aromatic heterocycles. The highest BCUT2D eigenvalue weighted by atomic mass is 32.1. The summed E-state index contributed by atoms with van der Waals surface area (Å²) in [6, 6.07) is 6.83. The number of ketones is 2. The van der Waals surface area contributed by atoms with Crippen molar-refractivity contribution in [1.82, 2.24) is 10.2 Å². The molecule has 1 saturated heterocycles. The summed E-state index contributed by atoms with van der Waals surface area (Å²) in [4.78, 5) is 41.6. The molecule has 8 nitrogen and oxygen atoms in total. The Hall–Kier alpha value is -3.43. The number of methoxy groups -OCH3 is 2. The largest absolute Gasteiger partial charge is 0.495 e. The number of benzene rings is 2. The Balaban J connectivity index is 1.49. The van der Waals surface area contributed by atoms with Crippen molar-refractivity contribution in [3.8, 4) is 11.5 Å². The molecule has 1 atom stereocenters. The molecule has 0 bridgehead atoms. The van der Waals surface area contributed by atoms with Crippen LogP contribution in [0.25, 0.3) is 10.1 Å². The van der Waals surface area contributed by atoms with Gasteiger partial charge in [-0.15, -0.1) is 11.3 Å². The van der Waals surface area contributed by atoms with Crippen molar-refractivity contribution in [2.75, 3.05) is 27.3 Å². The lowest BCUT2D eigenvalue weighted by Crippen LogP contribution is -2.40. The van der Waals surface area contributed by atoms with E-state index in [1.165, 1.54) is 25.6 Å². The van der Waals surface area contributed by atoms with Crippen LogP contribution >= 0.6 is 11.3 Å². The van der Waals surface area contributed by atoms with Gasteiger partial charge in [0.25, 0.3) is 0 Å². The number of nitrogens with zero attached hydrogens (tertiary/aromatic N) is 1. The molecule has 37 heavy (non-hydrogen) atoms. The topological polar surface area (TPSA) is 94.2 Å². The van der Waals surface area contributed by atoms with Gasteiger partial charge in [-0.25, -0.2) is 4.79 Å². The van der Waals surface area contributed by atoms with Crippen LogP contribution in [0.1, 0.15) is 64.6 Å². The molecule has 0 spiro atoms. The summed E-state index contributed by atoms with van der Waals surface area (Å²) >= 11 is 1.47. The Labute approximate surface area is 219 Å². The lowest BCUT2D eigenvalue weighted by molar-refractivity contribution is 0.0505. The average Bonchev–Trinajstić information content (AvgIpc) is 3.47. The van der Waals surface area contributed by atoms with Gasteiger partial charge in [0, 0.05) is 42.2 Å². The van der Waals surface area contributed by atoms with Gasteiger partial charge in [0.2, 0.25) is 0 Å². The number of amides is 1. The number of nitrogens with one attached hydrogen (secondary N) is 1. The van der Waals surface area contributed by atoms with Crippen molar-refractivity contribution in [2.45, 2.75) is 45.4 Å². The fraction of sp³-hybridized carbons (Fsp3) is 0.393. The summed E-state index contributed by atoms with van der Waals surface area (Å²) in [6.45, 7) is 7.59. The van der Waals surface area contributed by atoms with Crippen LogP contribution in [-0.2, 0) is 11.3 Å². The van der Waals surface area contributed by atoms with Crippen molar-refractivity contribution in [2.24, 2.45) is 0 Å². The molecule has 0 radical (unpaired) electrons. The SMILES string of the molecule is COc1c2c(c(OC)c3c(CN4CCC(NC(=O)OC(C)(C)C)C4)csc13)C(=O)c1ccccc1C2=O. The standard InChI is InChI=1S/C28H30N2O6S/c1-28(2,3)36-27(33)29-16-10-11-30(13-16)12-15-14-37-26-19(15)24(34-4)20-21(25(26)35-5)23(32)18-9-7-6-8-17(18)22(20)31/h6-9,14,16H,10-13H2,1-5H3,(H,29,33). The third-order valence-electron chi connectivity index (χ3n) is 6.67. The molecule has 0 saturated carbocycles. The van der Waals surface area contributed by atoms with Crippen molar-refractivity contribution >= 4 is 39.1 Å². The monoisotopic (exact) mass is 522 g/mol. The summed E-state index contributed by atoms with van der Waals surface area (Å²) in [7, 11) is 3.05. The van der Waals surface area contributed by atoms with E-state index >= 15 is 0 Å². The number of carbonyl (C=O) groups excluding carboxylic acids is 3. The third kappa shape index (κ3) is 4.46. The molecule has 1 N–H and O–H groups in total. The molecule has 1 aliphatic carbocycles. The molecular formula is C28H30N2O6S.